The Morgan fingerprint density at radius 3 is 2.12 bits per heavy atom. The Hall–Kier alpha value is -3.23. The van der Waals surface area contributed by atoms with Gasteiger partial charge >= 0.3 is 11.9 Å². The average Bonchev–Trinajstić information content (AvgIpc) is 2.83. The zero-order valence-corrected chi connectivity index (χ0v) is 18.8. The van der Waals surface area contributed by atoms with Crippen LogP contribution in [0, 0.1) is 5.92 Å². The van der Waals surface area contributed by atoms with E-state index in [1.807, 2.05) is 43.3 Å². The molecular formula is C25H32N2O6. The molecule has 0 spiro atoms. The number of benzene rings is 2. The van der Waals surface area contributed by atoms with Crippen LogP contribution < -0.4 is 11.1 Å². The molecule has 0 aliphatic heterocycles. The topological polar surface area (TPSA) is 128 Å². The third kappa shape index (κ3) is 8.67. The van der Waals surface area contributed by atoms with E-state index in [9.17, 15) is 19.5 Å². The van der Waals surface area contributed by atoms with Gasteiger partial charge in [-0.3, -0.25) is 14.4 Å². The second-order valence-electron chi connectivity index (χ2n) is 7.70. The number of hydrogen-bond donors (Lipinski definition) is 3. The third-order valence-electron chi connectivity index (χ3n) is 5.03. The normalized spacial score (nSPS) is 13.4. The first-order chi connectivity index (χ1) is 16.0. The monoisotopic (exact) mass is 456 g/mol. The molecule has 3 atom stereocenters. The molecule has 178 valence electrons. The summed E-state index contributed by atoms with van der Waals surface area (Å²) in [5.41, 5.74) is 7.64. The number of amides is 1. The lowest BCUT2D eigenvalue weighted by Gasteiger charge is -2.24. The number of carbonyl (C=O) groups is 3. The maximum Gasteiger partial charge on any atom is 0.324 e. The fourth-order valence-electron chi connectivity index (χ4n) is 3.14. The van der Waals surface area contributed by atoms with Crippen LogP contribution in [-0.2, 0) is 36.9 Å². The highest BCUT2D eigenvalue weighted by molar-refractivity contribution is 6.02. The molecule has 1 amide bonds. The van der Waals surface area contributed by atoms with Crippen molar-refractivity contribution in [1.29, 1.82) is 0 Å². The van der Waals surface area contributed by atoms with Crippen LogP contribution in [0.1, 0.15) is 30.9 Å². The number of ether oxygens (including phenoxy) is 2. The number of rotatable bonds is 13. The molecule has 0 bridgehead atoms. The molecular weight excluding hydrogens is 424 g/mol. The molecule has 1 unspecified atom stereocenters. The Morgan fingerprint density at radius 1 is 0.939 bits per heavy atom. The van der Waals surface area contributed by atoms with Gasteiger partial charge in [0.2, 0.25) is 5.91 Å². The lowest BCUT2D eigenvalue weighted by atomic mass is 9.98. The van der Waals surface area contributed by atoms with Crippen molar-refractivity contribution in [2.45, 2.75) is 44.9 Å². The average molecular weight is 457 g/mol. The molecule has 0 radical (unpaired) electrons. The van der Waals surface area contributed by atoms with Gasteiger partial charge in [-0.1, -0.05) is 74.0 Å². The molecule has 8 heteroatoms. The van der Waals surface area contributed by atoms with Gasteiger partial charge in [0, 0.05) is 0 Å². The summed E-state index contributed by atoms with van der Waals surface area (Å²) in [5, 5.41) is 12.4. The zero-order chi connectivity index (χ0) is 24.1. The molecule has 0 aliphatic carbocycles. The highest BCUT2D eigenvalue weighted by atomic mass is 16.5. The van der Waals surface area contributed by atoms with Gasteiger partial charge < -0.3 is 25.6 Å². The molecule has 33 heavy (non-hydrogen) atoms. The molecule has 0 aromatic heterocycles. The van der Waals surface area contributed by atoms with E-state index in [1.54, 1.807) is 24.3 Å². The van der Waals surface area contributed by atoms with Crippen molar-refractivity contribution >= 4 is 17.8 Å². The molecule has 0 fully saturated rings. The molecule has 0 saturated heterocycles. The molecule has 0 heterocycles. The van der Waals surface area contributed by atoms with Gasteiger partial charge in [0.1, 0.15) is 12.6 Å². The highest BCUT2D eigenvalue weighted by Crippen LogP contribution is 2.12. The van der Waals surface area contributed by atoms with E-state index < -0.39 is 35.8 Å². The predicted molar refractivity (Wildman–Crippen MR) is 123 cm³/mol. The van der Waals surface area contributed by atoms with Gasteiger partial charge in [0.05, 0.1) is 19.3 Å². The summed E-state index contributed by atoms with van der Waals surface area (Å²) >= 11 is 0. The Kier molecular flexibility index (Phi) is 11.1. The van der Waals surface area contributed by atoms with Crippen molar-refractivity contribution < 1.29 is 29.0 Å². The SMILES string of the molecule is CCCCOC(=O)[C@@H](C(=O)N[C@H](CO)Cc1ccccc1)C(N)C(=O)OCc1ccccc1. The van der Waals surface area contributed by atoms with Crippen LogP contribution in [0.2, 0.25) is 0 Å². The number of aliphatic hydroxyl groups is 1. The van der Waals surface area contributed by atoms with Gasteiger partial charge in [-0.2, -0.15) is 0 Å². The maximum absolute atomic E-state index is 13.0. The van der Waals surface area contributed by atoms with Crippen LogP contribution in [0.3, 0.4) is 0 Å². The highest BCUT2D eigenvalue weighted by Gasteiger charge is 2.40. The van der Waals surface area contributed by atoms with Gasteiger partial charge in [0.25, 0.3) is 0 Å². The van der Waals surface area contributed by atoms with E-state index in [0.717, 1.165) is 17.5 Å². The molecule has 2 aromatic rings. The first-order valence-electron chi connectivity index (χ1n) is 11.0. The maximum atomic E-state index is 13.0. The predicted octanol–water partition coefficient (Wildman–Crippen LogP) is 1.74. The first kappa shape index (κ1) is 26.0. The minimum atomic E-state index is -1.60. The van der Waals surface area contributed by atoms with Gasteiger partial charge in [-0.05, 0) is 24.0 Å². The summed E-state index contributed by atoms with van der Waals surface area (Å²) < 4.78 is 10.4. The number of carbonyl (C=O) groups excluding carboxylic acids is 3. The van der Waals surface area contributed by atoms with Crippen molar-refractivity contribution in [3.05, 3.63) is 71.8 Å². The van der Waals surface area contributed by atoms with Crippen LogP contribution >= 0.6 is 0 Å². The Bertz CT molecular complexity index is 875. The number of unbranched alkanes of at least 4 members (excludes halogenated alkanes) is 1. The van der Waals surface area contributed by atoms with Crippen LogP contribution in [0.15, 0.2) is 60.7 Å². The van der Waals surface area contributed by atoms with Crippen LogP contribution in [-0.4, -0.2) is 48.2 Å². The molecule has 8 nitrogen and oxygen atoms in total. The lowest BCUT2D eigenvalue weighted by Crippen LogP contribution is -2.53. The largest absolute Gasteiger partial charge is 0.465 e. The number of nitrogens with two attached hydrogens (primary N) is 1. The third-order valence-corrected chi connectivity index (χ3v) is 5.03. The van der Waals surface area contributed by atoms with E-state index >= 15 is 0 Å². The molecule has 2 aromatic carbocycles. The second-order valence-corrected chi connectivity index (χ2v) is 7.70. The van der Waals surface area contributed by atoms with Crippen LogP contribution in [0.25, 0.3) is 0 Å². The van der Waals surface area contributed by atoms with E-state index in [0.29, 0.717) is 12.8 Å². The first-order valence-corrected chi connectivity index (χ1v) is 11.0. The van der Waals surface area contributed by atoms with E-state index in [2.05, 4.69) is 5.32 Å². The van der Waals surface area contributed by atoms with Crippen LogP contribution in [0.5, 0.6) is 0 Å². The summed E-state index contributed by atoms with van der Waals surface area (Å²) in [5.74, 6) is -4.19. The smallest absolute Gasteiger partial charge is 0.324 e. The van der Waals surface area contributed by atoms with Gasteiger partial charge in [0.15, 0.2) is 5.92 Å². The summed E-state index contributed by atoms with van der Waals surface area (Å²) in [7, 11) is 0. The standard InChI is InChI=1S/C25H32N2O6/c1-2-3-14-32-24(30)21(22(26)25(31)33-17-19-12-8-5-9-13-19)23(29)27-20(16-28)15-18-10-6-4-7-11-18/h4-13,20-22,28H,2-3,14-17,26H2,1H3,(H,27,29)/t20-,21+,22?/m0/s1. The Balaban J connectivity index is 2.09. The van der Waals surface area contributed by atoms with Crippen LogP contribution in [0.4, 0.5) is 0 Å². The summed E-state index contributed by atoms with van der Waals surface area (Å²) in [6, 6.07) is 16.0. The minimum Gasteiger partial charge on any atom is -0.465 e. The summed E-state index contributed by atoms with van der Waals surface area (Å²) in [6.45, 7) is 1.64. The van der Waals surface area contributed by atoms with Crippen molar-refractivity contribution in [3.8, 4) is 0 Å². The van der Waals surface area contributed by atoms with Crippen molar-refractivity contribution in [1.82, 2.24) is 5.32 Å². The lowest BCUT2D eigenvalue weighted by molar-refractivity contribution is -0.161. The van der Waals surface area contributed by atoms with Crippen molar-refractivity contribution in [3.63, 3.8) is 0 Å². The van der Waals surface area contributed by atoms with E-state index in [4.69, 9.17) is 15.2 Å². The summed E-state index contributed by atoms with van der Waals surface area (Å²) in [4.78, 5) is 38.2. The molecule has 4 N–H and O–H groups in total. The summed E-state index contributed by atoms with van der Waals surface area (Å²) in [6.07, 6.45) is 1.74. The number of aliphatic hydroxyl groups excluding tert-OH is 1. The molecule has 0 aliphatic rings. The fourth-order valence-corrected chi connectivity index (χ4v) is 3.14. The Morgan fingerprint density at radius 2 is 1.55 bits per heavy atom. The molecule has 0 saturated carbocycles. The quantitative estimate of drug-likeness (QED) is 0.238. The van der Waals surface area contributed by atoms with Gasteiger partial charge in [-0.25, -0.2) is 0 Å². The number of esters is 2. The minimum absolute atomic E-state index is 0.0418. The van der Waals surface area contributed by atoms with E-state index in [-0.39, 0.29) is 19.8 Å². The Labute approximate surface area is 194 Å². The zero-order valence-electron chi connectivity index (χ0n) is 18.8. The molecule has 2 rings (SSSR count). The number of hydrogen-bond acceptors (Lipinski definition) is 7. The van der Waals surface area contributed by atoms with E-state index in [1.165, 1.54) is 0 Å². The van der Waals surface area contributed by atoms with Crippen molar-refractivity contribution in [2.75, 3.05) is 13.2 Å². The van der Waals surface area contributed by atoms with Crippen molar-refractivity contribution in [2.24, 2.45) is 11.7 Å². The van der Waals surface area contributed by atoms with Gasteiger partial charge in [-0.15, -0.1) is 0 Å². The number of nitrogens with one attached hydrogen (secondary N) is 1. The fraction of sp³-hybridized carbons (Fsp3) is 0.400. The second kappa shape index (κ2) is 14.0.